The van der Waals surface area contributed by atoms with Crippen LogP contribution in [0, 0.1) is 6.92 Å². The summed E-state index contributed by atoms with van der Waals surface area (Å²) in [6.07, 6.45) is 3.54. The van der Waals surface area contributed by atoms with Crippen LogP contribution in [-0.2, 0) is 10.2 Å². The highest BCUT2D eigenvalue weighted by Gasteiger charge is 2.42. The standard InChI is InChI=1S/C21H20N4O/c1-13-5-6-15(12-23-13)19-22-10-9-17(24-19)14-7-8-16-18(11-14)25(4)20(26)21(16,2)3/h5-12H,1-4H3. The third-order valence-electron chi connectivity index (χ3n) is 4.99. The Bertz CT molecular complexity index is 1010. The molecule has 1 aliphatic heterocycles. The molecule has 0 fully saturated rings. The molecule has 3 aromatic rings. The third kappa shape index (κ3) is 2.47. The zero-order valence-electron chi connectivity index (χ0n) is 15.3. The zero-order valence-corrected chi connectivity index (χ0v) is 15.3. The number of anilines is 1. The lowest BCUT2D eigenvalue weighted by Crippen LogP contribution is -2.33. The van der Waals surface area contributed by atoms with Crippen LogP contribution in [-0.4, -0.2) is 27.9 Å². The fourth-order valence-corrected chi connectivity index (χ4v) is 3.40. The van der Waals surface area contributed by atoms with Gasteiger partial charge in [-0.2, -0.15) is 0 Å². The molecule has 0 saturated carbocycles. The minimum atomic E-state index is -0.493. The third-order valence-corrected chi connectivity index (χ3v) is 4.99. The summed E-state index contributed by atoms with van der Waals surface area (Å²) in [5.74, 6) is 0.749. The van der Waals surface area contributed by atoms with Gasteiger partial charge in [-0.1, -0.05) is 12.1 Å². The first-order valence-electron chi connectivity index (χ1n) is 8.57. The normalized spacial score (nSPS) is 15.2. The molecule has 0 radical (unpaired) electrons. The first kappa shape index (κ1) is 16.4. The van der Waals surface area contributed by atoms with Crippen LogP contribution in [0.2, 0.25) is 0 Å². The van der Waals surface area contributed by atoms with E-state index in [4.69, 9.17) is 4.98 Å². The molecule has 4 rings (SSSR count). The van der Waals surface area contributed by atoms with Crippen LogP contribution < -0.4 is 4.90 Å². The van der Waals surface area contributed by atoms with E-state index in [9.17, 15) is 4.79 Å². The summed E-state index contributed by atoms with van der Waals surface area (Å²) in [6.45, 7) is 5.87. The fourth-order valence-electron chi connectivity index (χ4n) is 3.40. The number of amides is 1. The minimum absolute atomic E-state index is 0.110. The Hall–Kier alpha value is -3.08. The van der Waals surface area contributed by atoms with Crippen molar-refractivity contribution in [3.63, 3.8) is 0 Å². The maximum Gasteiger partial charge on any atom is 0.236 e. The van der Waals surface area contributed by atoms with Crippen LogP contribution in [0.3, 0.4) is 0 Å². The lowest BCUT2D eigenvalue weighted by Gasteiger charge is -2.16. The van der Waals surface area contributed by atoms with E-state index in [0.717, 1.165) is 33.8 Å². The van der Waals surface area contributed by atoms with Crippen molar-refractivity contribution in [3.05, 3.63) is 60.0 Å². The van der Waals surface area contributed by atoms with Gasteiger partial charge in [0.2, 0.25) is 5.91 Å². The number of likely N-dealkylation sites (N-methyl/N-ethyl adjacent to an activating group) is 1. The van der Waals surface area contributed by atoms with Crippen molar-refractivity contribution in [3.8, 4) is 22.6 Å². The molecule has 5 heteroatoms. The number of rotatable bonds is 2. The predicted octanol–water partition coefficient (Wildman–Crippen LogP) is 3.77. The van der Waals surface area contributed by atoms with Crippen molar-refractivity contribution in [2.24, 2.45) is 0 Å². The molecule has 1 amide bonds. The van der Waals surface area contributed by atoms with Gasteiger partial charge in [0.1, 0.15) is 0 Å². The van der Waals surface area contributed by atoms with Gasteiger partial charge in [0.15, 0.2) is 5.82 Å². The van der Waals surface area contributed by atoms with Crippen molar-refractivity contribution in [1.29, 1.82) is 0 Å². The molecule has 5 nitrogen and oxygen atoms in total. The van der Waals surface area contributed by atoms with Crippen molar-refractivity contribution < 1.29 is 4.79 Å². The number of nitrogens with zero attached hydrogens (tertiary/aromatic N) is 4. The number of carbonyl (C=O) groups is 1. The molecule has 3 heterocycles. The van der Waals surface area contributed by atoms with Gasteiger partial charge < -0.3 is 4.90 Å². The summed E-state index contributed by atoms with van der Waals surface area (Å²) in [5.41, 5.74) is 5.12. The van der Waals surface area contributed by atoms with E-state index in [1.165, 1.54) is 0 Å². The molecular weight excluding hydrogens is 324 g/mol. The van der Waals surface area contributed by atoms with Crippen LogP contribution in [0.4, 0.5) is 5.69 Å². The van der Waals surface area contributed by atoms with Gasteiger partial charge in [0.05, 0.1) is 11.1 Å². The highest BCUT2D eigenvalue weighted by molar-refractivity contribution is 6.07. The van der Waals surface area contributed by atoms with Crippen molar-refractivity contribution in [2.45, 2.75) is 26.2 Å². The number of fused-ring (bicyclic) bond motifs is 1. The van der Waals surface area contributed by atoms with E-state index < -0.39 is 5.41 Å². The molecule has 0 N–H and O–H groups in total. The van der Waals surface area contributed by atoms with Gasteiger partial charge in [-0.05, 0) is 50.6 Å². The Kier molecular flexibility index (Phi) is 3.61. The monoisotopic (exact) mass is 344 g/mol. The van der Waals surface area contributed by atoms with Gasteiger partial charge >= 0.3 is 0 Å². The average molecular weight is 344 g/mol. The number of aromatic nitrogens is 3. The SMILES string of the molecule is Cc1ccc(-c2nccc(-c3ccc4c(c3)N(C)C(=O)C4(C)C)n2)cn1. The number of aryl methyl sites for hydroxylation is 1. The maximum atomic E-state index is 12.5. The maximum absolute atomic E-state index is 12.5. The van der Waals surface area contributed by atoms with E-state index >= 15 is 0 Å². The lowest BCUT2D eigenvalue weighted by atomic mass is 9.85. The largest absolute Gasteiger partial charge is 0.314 e. The van der Waals surface area contributed by atoms with Crippen LogP contribution in [0.25, 0.3) is 22.6 Å². The number of hydrogen-bond donors (Lipinski definition) is 0. The number of hydrogen-bond acceptors (Lipinski definition) is 4. The second-order valence-electron chi connectivity index (χ2n) is 7.17. The summed E-state index contributed by atoms with van der Waals surface area (Å²) in [6, 6.07) is 11.9. The second kappa shape index (κ2) is 5.73. The van der Waals surface area contributed by atoms with Crippen molar-refractivity contribution >= 4 is 11.6 Å². The molecule has 1 aromatic carbocycles. The van der Waals surface area contributed by atoms with E-state index in [1.54, 1.807) is 17.3 Å². The average Bonchev–Trinajstić information content (AvgIpc) is 2.83. The quantitative estimate of drug-likeness (QED) is 0.710. The van der Waals surface area contributed by atoms with E-state index in [0.29, 0.717) is 5.82 Å². The van der Waals surface area contributed by atoms with Gasteiger partial charge in [-0.25, -0.2) is 9.97 Å². The summed E-state index contributed by atoms with van der Waals surface area (Å²) in [4.78, 5) is 27.6. The topological polar surface area (TPSA) is 59.0 Å². The van der Waals surface area contributed by atoms with Crippen LogP contribution in [0.5, 0.6) is 0 Å². The highest BCUT2D eigenvalue weighted by atomic mass is 16.2. The summed E-state index contributed by atoms with van der Waals surface area (Å²) >= 11 is 0. The lowest BCUT2D eigenvalue weighted by molar-refractivity contribution is -0.121. The van der Waals surface area contributed by atoms with Crippen LogP contribution in [0.15, 0.2) is 48.8 Å². The molecule has 2 aromatic heterocycles. The van der Waals surface area contributed by atoms with Gasteiger partial charge in [0.25, 0.3) is 0 Å². The molecular formula is C21H20N4O. The second-order valence-corrected chi connectivity index (χ2v) is 7.17. The molecule has 0 spiro atoms. The zero-order chi connectivity index (χ0) is 18.5. The van der Waals surface area contributed by atoms with E-state index in [2.05, 4.69) is 9.97 Å². The molecule has 1 aliphatic rings. The molecule has 130 valence electrons. The Morgan fingerprint density at radius 2 is 1.77 bits per heavy atom. The fraction of sp³-hybridized carbons (Fsp3) is 0.238. The molecule has 0 atom stereocenters. The van der Waals surface area contributed by atoms with Crippen molar-refractivity contribution in [1.82, 2.24) is 15.0 Å². The predicted molar refractivity (Wildman–Crippen MR) is 102 cm³/mol. The minimum Gasteiger partial charge on any atom is -0.314 e. The first-order valence-corrected chi connectivity index (χ1v) is 8.57. The molecule has 0 aliphatic carbocycles. The highest BCUT2D eigenvalue weighted by Crippen LogP contribution is 2.42. The van der Waals surface area contributed by atoms with Gasteiger partial charge in [-0.3, -0.25) is 9.78 Å². The summed E-state index contributed by atoms with van der Waals surface area (Å²) in [7, 11) is 1.82. The van der Waals surface area contributed by atoms with Crippen molar-refractivity contribution in [2.75, 3.05) is 11.9 Å². The molecule has 26 heavy (non-hydrogen) atoms. The Balaban J connectivity index is 1.77. The van der Waals surface area contributed by atoms with Gasteiger partial charge in [0, 0.05) is 41.9 Å². The van der Waals surface area contributed by atoms with Crippen LogP contribution in [0.1, 0.15) is 25.1 Å². The number of benzene rings is 1. The van der Waals surface area contributed by atoms with Gasteiger partial charge in [-0.15, -0.1) is 0 Å². The molecule has 0 unspecified atom stereocenters. The molecule has 0 saturated heterocycles. The Morgan fingerprint density at radius 1 is 1.00 bits per heavy atom. The number of carbonyl (C=O) groups excluding carboxylic acids is 1. The molecule has 0 bridgehead atoms. The van der Waals surface area contributed by atoms with E-state index in [1.807, 2.05) is 64.2 Å². The number of pyridine rings is 1. The summed E-state index contributed by atoms with van der Waals surface area (Å²) < 4.78 is 0. The smallest absolute Gasteiger partial charge is 0.236 e. The summed E-state index contributed by atoms with van der Waals surface area (Å²) in [5, 5.41) is 0. The Labute approximate surface area is 152 Å². The van der Waals surface area contributed by atoms with Crippen LogP contribution >= 0.6 is 0 Å². The first-order chi connectivity index (χ1) is 12.4. The van der Waals surface area contributed by atoms with E-state index in [-0.39, 0.29) is 5.91 Å². The Morgan fingerprint density at radius 3 is 2.50 bits per heavy atom.